The fraction of sp³-hybridized carbons (Fsp3) is 0.188. The normalized spacial score (nSPS) is 10.7. The lowest BCUT2D eigenvalue weighted by molar-refractivity contribution is 0.102. The van der Waals surface area contributed by atoms with Gasteiger partial charge in [0.2, 0.25) is 0 Å². The minimum Gasteiger partial charge on any atom is -0.329 e. The Labute approximate surface area is 138 Å². The lowest BCUT2D eigenvalue weighted by Crippen LogP contribution is -2.12. The molecule has 0 fully saturated rings. The van der Waals surface area contributed by atoms with Gasteiger partial charge in [-0.2, -0.15) is 5.10 Å². The molecule has 1 amide bonds. The summed E-state index contributed by atoms with van der Waals surface area (Å²) < 4.78 is 1.97. The fourth-order valence-electron chi connectivity index (χ4n) is 2.11. The molecule has 0 unspecified atom stereocenters. The standard InChI is InChI=1S/C16H17N5OS/c1-11-8-14(20-19-11)18-15(22)13-5-3-4-12(9-13)10-23-16-17-6-7-21(16)2/h3-9H,10H2,1-2H3,(H2,18,19,20,22). The van der Waals surface area contributed by atoms with Gasteiger partial charge in [0, 0.05) is 42.5 Å². The van der Waals surface area contributed by atoms with Gasteiger partial charge in [0.15, 0.2) is 11.0 Å². The number of anilines is 1. The maximum Gasteiger partial charge on any atom is 0.256 e. The molecule has 0 saturated heterocycles. The van der Waals surface area contributed by atoms with E-state index in [1.165, 1.54) is 0 Å². The van der Waals surface area contributed by atoms with Crippen molar-refractivity contribution in [3.05, 3.63) is 59.5 Å². The van der Waals surface area contributed by atoms with Gasteiger partial charge in [-0.3, -0.25) is 9.89 Å². The van der Waals surface area contributed by atoms with Crippen LogP contribution in [0.25, 0.3) is 0 Å². The summed E-state index contributed by atoms with van der Waals surface area (Å²) in [5.74, 6) is 1.12. The number of hydrogen-bond acceptors (Lipinski definition) is 4. The SMILES string of the molecule is Cc1cc(NC(=O)c2cccc(CSc3nccn3C)c2)n[nH]1. The number of carbonyl (C=O) groups excluding carboxylic acids is 1. The number of thioether (sulfide) groups is 1. The number of carbonyl (C=O) groups is 1. The van der Waals surface area contributed by atoms with E-state index in [2.05, 4.69) is 20.5 Å². The average Bonchev–Trinajstić information content (AvgIpc) is 3.14. The van der Waals surface area contributed by atoms with Gasteiger partial charge in [-0.15, -0.1) is 0 Å². The van der Waals surface area contributed by atoms with Crippen LogP contribution in [0.3, 0.4) is 0 Å². The Bertz CT molecular complexity index is 823. The van der Waals surface area contributed by atoms with Crippen LogP contribution in [0.5, 0.6) is 0 Å². The van der Waals surface area contributed by atoms with Crippen molar-refractivity contribution in [2.45, 2.75) is 17.8 Å². The number of nitrogens with one attached hydrogen (secondary N) is 2. The summed E-state index contributed by atoms with van der Waals surface area (Å²) in [4.78, 5) is 16.6. The molecule has 1 aromatic carbocycles. The fourth-order valence-corrected chi connectivity index (χ4v) is 2.99. The highest BCUT2D eigenvalue weighted by Gasteiger charge is 2.09. The van der Waals surface area contributed by atoms with Gasteiger partial charge in [0.05, 0.1) is 0 Å². The molecule has 0 bridgehead atoms. The summed E-state index contributed by atoms with van der Waals surface area (Å²) in [6, 6.07) is 9.37. The van der Waals surface area contributed by atoms with Crippen LogP contribution in [0.1, 0.15) is 21.6 Å². The van der Waals surface area contributed by atoms with Gasteiger partial charge in [-0.25, -0.2) is 4.98 Å². The molecule has 0 spiro atoms. The van der Waals surface area contributed by atoms with Crippen molar-refractivity contribution in [2.75, 3.05) is 5.32 Å². The smallest absolute Gasteiger partial charge is 0.256 e. The molecular weight excluding hydrogens is 310 g/mol. The number of aromatic amines is 1. The molecule has 0 atom stereocenters. The molecule has 118 valence electrons. The maximum absolute atomic E-state index is 12.3. The minimum atomic E-state index is -0.166. The summed E-state index contributed by atoms with van der Waals surface area (Å²) in [5, 5.41) is 10.5. The molecule has 0 radical (unpaired) electrons. The third-order valence-corrected chi connectivity index (χ3v) is 4.41. The lowest BCUT2D eigenvalue weighted by atomic mass is 10.1. The van der Waals surface area contributed by atoms with Gasteiger partial charge in [0.1, 0.15) is 0 Å². The van der Waals surface area contributed by atoms with Gasteiger partial charge < -0.3 is 9.88 Å². The van der Waals surface area contributed by atoms with Crippen LogP contribution in [-0.4, -0.2) is 25.7 Å². The van der Waals surface area contributed by atoms with Crippen LogP contribution in [0.2, 0.25) is 0 Å². The predicted octanol–water partition coefficient (Wildman–Crippen LogP) is 3.00. The average molecular weight is 327 g/mol. The Balaban J connectivity index is 1.67. The number of imidazole rings is 1. The van der Waals surface area contributed by atoms with Gasteiger partial charge in [-0.1, -0.05) is 23.9 Å². The van der Waals surface area contributed by atoms with Crippen molar-refractivity contribution in [1.29, 1.82) is 0 Å². The quantitative estimate of drug-likeness (QED) is 0.706. The first-order valence-electron chi connectivity index (χ1n) is 7.14. The Hall–Kier alpha value is -2.54. The molecule has 0 aliphatic carbocycles. The number of aromatic nitrogens is 4. The van der Waals surface area contributed by atoms with E-state index in [0.29, 0.717) is 11.4 Å². The van der Waals surface area contributed by atoms with E-state index < -0.39 is 0 Å². The van der Waals surface area contributed by atoms with Crippen molar-refractivity contribution in [1.82, 2.24) is 19.7 Å². The number of aryl methyl sites for hydroxylation is 2. The van der Waals surface area contributed by atoms with Crippen LogP contribution in [0, 0.1) is 6.92 Å². The number of amides is 1. The Morgan fingerprint density at radius 3 is 2.96 bits per heavy atom. The van der Waals surface area contributed by atoms with Gasteiger partial charge in [0.25, 0.3) is 5.91 Å². The number of nitrogens with zero attached hydrogens (tertiary/aromatic N) is 3. The highest BCUT2D eigenvalue weighted by Crippen LogP contribution is 2.21. The highest BCUT2D eigenvalue weighted by molar-refractivity contribution is 7.98. The van der Waals surface area contributed by atoms with E-state index in [1.54, 1.807) is 30.1 Å². The van der Waals surface area contributed by atoms with Crippen molar-refractivity contribution >= 4 is 23.5 Å². The van der Waals surface area contributed by atoms with Crippen LogP contribution >= 0.6 is 11.8 Å². The van der Waals surface area contributed by atoms with E-state index in [-0.39, 0.29) is 5.91 Å². The van der Waals surface area contributed by atoms with E-state index in [0.717, 1.165) is 22.2 Å². The lowest BCUT2D eigenvalue weighted by Gasteiger charge is -2.05. The molecule has 0 saturated carbocycles. The molecule has 0 aliphatic heterocycles. The van der Waals surface area contributed by atoms with Crippen molar-refractivity contribution in [3.63, 3.8) is 0 Å². The molecule has 3 aromatic rings. The minimum absolute atomic E-state index is 0.166. The second kappa shape index (κ2) is 6.70. The van der Waals surface area contributed by atoms with Crippen molar-refractivity contribution in [3.8, 4) is 0 Å². The van der Waals surface area contributed by atoms with Crippen LogP contribution < -0.4 is 5.32 Å². The zero-order valence-electron chi connectivity index (χ0n) is 12.9. The molecule has 3 rings (SSSR count). The van der Waals surface area contributed by atoms with Crippen LogP contribution in [0.15, 0.2) is 47.9 Å². The molecule has 7 heteroatoms. The first-order valence-corrected chi connectivity index (χ1v) is 8.13. The van der Waals surface area contributed by atoms with E-state index in [1.807, 2.05) is 42.9 Å². The third kappa shape index (κ3) is 3.81. The second-order valence-corrected chi connectivity index (χ2v) is 6.14. The maximum atomic E-state index is 12.3. The molecule has 0 aliphatic rings. The summed E-state index contributed by atoms with van der Waals surface area (Å²) in [7, 11) is 1.96. The third-order valence-electron chi connectivity index (χ3n) is 3.28. The van der Waals surface area contributed by atoms with E-state index in [9.17, 15) is 4.79 Å². The van der Waals surface area contributed by atoms with Crippen LogP contribution in [-0.2, 0) is 12.8 Å². The predicted molar refractivity (Wildman–Crippen MR) is 90.5 cm³/mol. The van der Waals surface area contributed by atoms with Gasteiger partial charge >= 0.3 is 0 Å². The summed E-state index contributed by atoms with van der Waals surface area (Å²) >= 11 is 1.64. The molecular formula is C16H17N5OS. The van der Waals surface area contributed by atoms with Crippen molar-refractivity contribution < 1.29 is 4.79 Å². The second-order valence-electron chi connectivity index (χ2n) is 5.20. The zero-order valence-corrected chi connectivity index (χ0v) is 13.7. The highest BCUT2D eigenvalue weighted by atomic mass is 32.2. The number of rotatable bonds is 5. The monoisotopic (exact) mass is 327 g/mol. The summed E-state index contributed by atoms with van der Waals surface area (Å²) in [6.07, 6.45) is 3.69. The zero-order chi connectivity index (χ0) is 16.2. The van der Waals surface area contributed by atoms with Crippen molar-refractivity contribution in [2.24, 2.45) is 7.05 Å². The topological polar surface area (TPSA) is 75.6 Å². The Kier molecular flexibility index (Phi) is 4.47. The largest absolute Gasteiger partial charge is 0.329 e. The summed E-state index contributed by atoms with van der Waals surface area (Å²) in [6.45, 7) is 1.89. The number of hydrogen-bond donors (Lipinski definition) is 2. The number of benzene rings is 1. The molecule has 6 nitrogen and oxygen atoms in total. The number of H-pyrrole nitrogens is 1. The molecule has 23 heavy (non-hydrogen) atoms. The van der Waals surface area contributed by atoms with E-state index >= 15 is 0 Å². The first kappa shape index (κ1) is 15.4. The van der Waals surface area contributed by atoms with Gasteiger partial charge in [-0.05, 0) is 24.6 Å². The summed E-state index contributed by atoms with van der Waals surface area (Å²) in [5.41, 5.74) is 2.59. The molecule has 2 aromatic heterocycles. The molecule has 2 N–H and O–H groups in total. The van der Waals surface area contributed by atoms with E-state index in [4.69, 9.17) is 0 Å². The molecule has 2 heterocycles. The Morgan fingerprint density at radius 1 is 1.39 bits per heavy atom. The first-order chi connectivity index (χ1) is 11.1. The Morgan fingerprint density at radius 2 is 2.26 bits per heavy atom. The van der Waals surface area contributed by atoms with Crippen LogP contribution in [0.4, 0.5) is 5.82 Å².